The topological polar surface area (TPSA) is 93.1 Å². The summed E-state index contributed by atoms with van der Waals surface area (Å²) in [5.74, 6) is -0.629. The van der Waals surface area contributed by atoms with Crippen LogP contribution in [0.2, 0.25) is 0 Å². The number of hydrogen-bond donors (Lipinski definition) is 2. The van der Waals surface area contributed by atoms with Crippen LogP contribution in [0, 0.1) is 0 Å². The lowest BCUT2D eigenvalue weighted by Crippen LogP contribution is -2.09. The van der Waals surface area contributed by atoms with Crippen LogP contribution in [0.15, 0.2) is 42.5 Å². The number of carbonyl (C=O) groups is 2. The molecule has 6 heteroatoms. The maximum atomic E-state index is 12.0. The Labute approximate surface area is 177 Å². The second kappa shape index (κ2) is 12.6. The highest BCUT2D eigenvalue weighted by molar-refractivity contribution is 5.90. The Hall–Kier alpha value is -2.86. The highest BCUT2D eigenvalue weighted by Gasteiger charge is 2.15. The molecule has 162 valence electrons. The number of esters is 1. The number of ether oxygens (including phenoxy) is 2. The fourth-order valence-electron chi connectivity index (χ4n) is 3.39. The molecule has 0 aliphatic rings. The highest BCUT2D eigenvalue weighted by atomic mass is 16.5. The summed E-state index contributed by atoms with van der Waals surface area (Å²) in [4.78, 5) is 23.1. The number of aryl methyl sites for hydroxylation is 1. The summed E-state index contributed by atoms with van der Waals surface area (Å²) in [6, 6.07) is 12.9. The van der Waals surface area contributed by atoms with E-state index >= 15 is 0 Å². The third-order valence-electron chi connectivity index (χ3n) is 4.98. The van der Waals surface area contributed by atoms with Crippen LogP contribution in [0.5, 0.6) is 5.75 Å². The zero-order valence-electron chi connectivity index (χ0n) is 17.4. The fraction of sp³-hybridized carbons (Fsp3) is 0.417. The van der Waals surface area contributed by atoms with Gasteiger partial charge in [-0.15, -0.1) is 0 Å². The first-order valence-electron chi connectivity index (χ1n) is 10.3. The van der Waals surface area contributed by atoms with Gasteiger partial charge >= 0.3 is 11.9 Å². The Morgan fingerprint density at radius 3 is 2.37 bits per heavy atom. The van der Waals surface area contributed by atoms with Crippen LogP contribution >= 0.6 is 0 Å². The van der Waals surface area contributed by atoms with Crippen molar-refractivity contribution in [3.8, 4) is 5.75 Å². The molecule has 2 N–H and O–H groups in total. The van der Waals surface area contributed by atoms with Gasteiger partial charge < -0.3 is 19.7 Å². The van der Waals surface area contributed by atoms with E-state index in [2.05, 4.69) is 0 Å². The number of aliphatic hydroxyl groups is 1. The van der Waals surface area contributed by atoms with Crippen molar-refractivity contribution in [1.82, 2.24) is 0 Å². The zero-order chi connectivity index (χ0) is 21.8. The molecular weight excluding hydrogens is 384 g/mol. The lowest BCUT2D eigenvalue weighted by molar-refractivity contribution is -0.136. The number of unbranched alkanes of at least 4 members (excludes halogenated alkanes) is 3. The van der Waals surface area contributed by atoms with Crippen LogP contribution < -0.4 is 4.74 Å². The van der Waals surface area contributed by atoms with E-state index in [1.54, 1.807) is 12.1 Å². The Morgan fingerprint density at radius 2 is 1.63 bits per heavy atom. The van der Waals surface area contributed by atoms with E-state index in [0.717, 1.165) is 43.2 Å². The molecular formula is C24H30O6. The van der Waals surface area contributed by atoms with E-state index in [0.29, 0.717) is 23.3 Å². The van der Waals surface area contributed by atoms with Gasteiger partial charge in [-0.05, 0) is 48.9 Å². The average molecular weight is 414 g/mol. The van der Waals surface area contributed by atoms with Gasteiger partial charge in [0, 0.05) is 18.6 Å². The van der Waals surface area contributed by atoms with E-state index in [4.69, 9.17) is 19.7 Å². The number of methoxy groups -OCH3 is 1. The molecule has 0 radical (unpaired) electrons. The van der Waals surface area contributed by atoms with Gasteiger partial charge in [0.2, 0.25) is 0 Å². The second-order valence-corrected chi connectivity index (χ2v) is 7.11. The number of aliphatic hydroxyl groups excluding tert-OH is 1. The SMILES string of the molecule is COC(=O)c1ccccc1COc1cccc(CCCCCCO)c1CCC(=O)O. The molecule has 2 aromatic carbocycles. The van der Waals surface area contributed by atoms with Crippen molar-refractivity contribution in [3.05, 3.63) is 64.7 Å². The van der Waals surface area contributed by atoms with Crippen molar-refractivity contribution >= 4 is 11.9 Å². The van der Waals surface area contributed by atoms with Gasteiger partial charge in [0.05, 0.1) is 12.7 Å². The lowest BCUT2D eigenvalue weighted by atomic mass is 9.96. The second-order valence-electron chi connectivity index (χ2n) is 7.11. The molecule has 0 saturated carbocycles. The molecule has 2 aromatic rings. The molecule has 0 bridgehead atoms. The quantitative estimate of drug-likeness (QED) is 0.378. The average Bonchev–Trinajstić information content (AvgIpc) is 2.76. The largest absolute Gasteiger partial charge is 0.489 e. The molecule has 2 rings (SSSR count). The molecule has 0 atom stereocenters. The summed E-state index contributed by atoms with van der Waals surface area (Å²) >= 11 is 0. The number of rotatable bonds is 13. The number of benzene rings is 2. The molecule has 0 spiro atoms. The van der Waals surface area contributed by atoms with Crippen LogP contribution in [0.1, 0.15) is 59.2 Å². The van der Waals surface area contributed by atoms with E-state index in [1.807, 2.05) is 30.3 Å². The first-order chi connectivity index (χ1) is 14.6. The minimum absolute atomic E-state index is 0.0244. The van der Waals surface area contributed by atoms with Crippen molar-refractivity contribution in [2.24, 2.45) is 0 Å². The van der Waals surface area contributed by atoms with Crippen LogP contribution in [-0.2, 0) is 29.0 Å². The monoisotopic (exact) mass is 414 g/mol. The molecule has 0 aliphatic heterocycles. The van der Waals surface area contributed by atoms with E-state index < -0.39 is 11.9 Å². The van der Waals surface area contributed by atoms with E-state index in [9.17, 15) is 9.59 Å². The highest BCUT2D eigenvalue weighted by Crippen LogP contribution is 2.27. The van der Waals surface area contributed by atoms with Crippen molar-refractivity contribution < 1.29 is 29.3 Å². The van der Waals surface area contributed by atoms with E-state index in [1.165, 1.54) is 7.11 Å². The minimum Gasteiger partial charge on any atom is -0.489 e. The number of carbonyl (C=O) groups excluding carboxylic acids is 1. The third-order valence-corrected chi connectivity index (χ3v) is 4.98. The molecule has 30 heavy (non-hydrogen) atoms. The predicted molar refractivity (Wildman–Crippen MR) is 114 cm³/mol. The first kappa shape index (κ1) is 23.4. The molecule has 0 fully saturated rings. The smallest absolute Gasteiger partial charge is 0.338 e. The van der Waals surface area contributed by atoms with Crippen molar-refractivity contribution in [2.45, 2.75) is 51.6 Å². The molecule has 0 amide bonds. The van der Waals surface area contributed by atoms with Gasteiger partial charge in [0.15, 0.2) is 0 Å². The summed E-state index contributed by atoms with van der Waals surface area (Å²) in [7, 11) is 1.34. The van der Waals surface area contributed by atoms with Crippen molar-refractivity contribution in [1.29, 1.82) is 0 Å². The van der Waals surface area contributed by atoms with Crippen LogP contribution in [0.3, 0.4) is 0 Å². The first-order valence-corrected chi connectivity index (χ1v) is 10.3. The summed E-state index contributed by atoms with van der Waals surface area (Å²) in [6.07, 6.45) is 4.99. The van der Waals surface area contributed by atoms with Gasteiger partial charge in [-0.3, -0.25) is 4.79 Å². The maximum Gasteiger partial charge on any atom is 0.338 e. The maximum absolute atomic E-state index is 12.0. The van der Waals surface area contributed by atoms with Crippen molar-refractivity contribution in [3.63, 3.8) is 0 Å². The normalized spacial score (nSPS) is 10.6. The Bertz CT molecular complexity index is 830. The number of carboxylic acids is 1. The number of aliphatic carboxylic acids is 1. The summed E-state index contributed by atoms with van der Waals surface area (Å²) in [6.45, 7) is 0.394. The summed E-state index contributed by atoms with van der Waals surface area (Å²) < 4.78 is 10.9. The molecule has 0 unspecified atom stereocenters. The fourth-order valence-corrected chi connectivity index (χ4v) is 3.39. The zero-order valence-corrected chi connectivity index (χ0v) is 17.4. The molecule has 0 heterocycles. The number of hydrogen-bond acceptors (Lipinski definition) is 5. The standard InChI is InChI=1S/C24H30O6/c1-29-24(28)21-12-6-5-10-19(21)17-30-22-13-8-11-18(9-4-2-3-7-16-25)20(22)14-15-23(26)27/h5-6,8,10-13,25H,2-4,7,9,14-17H2,1H3,(H,26,27). The van der Waals surface area contributed by atoms with Gasteiger partial charge in [0.25, 0.3) is 0 Å². The van der Waals surface area contributed by atoms with Gasteiger partial charge in [0.1, 0.15) is 12.4 Å². The Balaban J connectivity index is 2.17. The molecule has 0 aromatic heterocycles. The van der Waals surface area contributed by atoms with Gasteiger partial charge in [-0.25, -0.2) is 4.79 Å². The van der Waals surface area contributed by atoms with E-state index in [-0.39, 0.29) is 19.6 Å². The van der Waals surface area contributed by atoms with Gasteiger partial charge in [-0.1, -0.05) is 43.2 Å². The lowest BCUT2D eigenvalue weighted by Gasteiger charge is -2.16. The summed E-state index contributed by atoms with van der Waals surface area (Å²) in [5.41, 5.74) is 3.15. The Morgan fingerprint density at radius 1 is 0.900 bits per heavy atom. The van der Waals surface area contributed by atoms with Gasteiger partial charge in [-0.2, -0.15) is 0 Å². The van der Waals surface area contributed by atoms with Crippen LogP contribution in [-0.4, -0.2) is 35.9 Å². The number of carboxylic acid groups (broad SMARTS) is 1. The van der Waals surface area contributed by atoms with Crippen LogP contribution in [0.25, 0.3) is 0 Å². The minimum atomic E-state index is -0.852. The van der Waals surface area contributed by atoms with Crippen LogP contribution in [0.4, 0.5) is 0 Å². The molecule has 0 aliphatic carbocycles. The summed E-state index contributed by atoms with van der Waals surface area (Å²) in [5, 5.41) is 18.1. The predicted octanol–water partition coefficient (Wildman–Crippen LogP) is 4.16. The third kappa shape index (κ3) is 7.19. The van der Waals surface area contributed by atoms with Crippen molar-refractivity contribution in [2.75, 3.05) is 13.7 Å². The Kier molecular flexibility index (Phi) is 9.87. The molecule has 0 saturated heterocycles. The molecule has 6 nitrogen and oxygen atoms in total.